The summed E-state index contributed by atoms with van der Waals surface area (Å²) in [6.07, 6.45) is 3.15. The van der Waals surface area contributed by atoms with E-state index in [-0.39, 0.29) is 30.4 Å². The van der Waals surface area contributed by atoms with Crippen LogP contribution in [0.3, 0.4) is 0 Å². The molecule has 2 aromatic carbocycles. The average molecular weight is 411 g/mol. The summed E-state index contributed by atoms with van der Waals surface area (Å²) >= 11 is 5.91. The van der Waals surface area contributed by atoms with E-state index < -0.39 is 0 Å². The van der Waals surface area contributed by atoms with E-state index in [0.29, 0.717) is 16.2 Å². The third-order valence-corrected chi connectivity index (χ3v) is 4.71. The average Bonchev–Trinajstić information content (AvgIpc) is 3.15. The molecule has 0 unspecified atom stereocenters. The minimum atomic E-state index is -0.335. The number of rotatable bonds is 5. The number of fused-ring (bicyclic) bond motifs is 1. The molecular weight excluding hydrogens is 395 g/mol. The van der Waals surface area contributed by atoms with Crippen LogP contribution in [0.25, 0.3) is 16.8 Å². The van der Waals surface area contributed by atoms with E-state index in [1.165, 1.54) is 27.4 Å². The van der Waals surface area contributed by atoms with Crippen LogP contribution in [0.2, 0.25) is 5.02 Å². The van der Waals surface area contributed by atoms with Crippen molar-refractivity contribution in [2.75, 3.05) is 0 Å². The second-order valence-corrected chi connectivity index (χ2v) is 6.94. The van der Waals surface area contributed by atoms with Crippen molar-refractivity contribution >= 4 is 23.0 Å². The van der Waals surface area contributed by atoms with E-state index in [0.717, 1.165) is 11.1 Å². The Kier molecular flexibility index (Phi) is 5.14. The summed E-state index contributed by atoms with van der Waals surface area (Å²) in [5.74, 6) is -0.656. The zero-order chi connectivity index (χ0) is 20.4. The molecule has 0 radical (unpaired) electrons. The number of hydrogen-bond donors (Lipinski definition) is 1. The maximum absolute atomic E-state index is 12.9. The lowest BCUT2D eigenvalue weighted by molar-refractivity contribution is -0.121. The van der Waals surface area contributed by atoms with Gasteiger partial charge in [0.05, 0.1) is 5.69 Å². The fraction of sp³-hybridized carbons (Fsp3) is 0.0952. The lowest BCUT2D eigenvalue weighted by Gasteiger charge is -2.08. The molecule has 4 rings (SSSR count). The molecule has 8 heteroatoms. The first-order valence-electron chi connectivity index (χ1n) is 8.85. The van der Waals surface area contributed by atoms with Gasteiger partial charge in [0.25, 0.3) is 5.56 Å². The standard InChI is InChI=1S/C21H16ClFN4O2/c22-16-5-3-15(4-6-16)18-11-19-21(29)26(9-10-27(19)25-18)13-20(28)24-12-14-1-7-17(23)8-2-14/h1-11H,12-13H2,(H,24,28). The van der Waals surface area contributed by atoms with Crippen molar-refractivity contribution in [1.82, 2.24) is 19.5 Å². The quantitative estimate of drug-likeness (QED) is 0.549. The van der Waals surface area contributed by atoms with Crippen LogP contribution in [-0.4, -0.2) is 20.1 Å². The van der Waals surface area contributed by atoms with Crippen molar-refractivity contribution in [3.8, 4) is 11.3 Å². The lowest BCUT2D eigenvalue weighted by Crippen LogP contribution is -2.32. The molecule has 2 heterocycles. The van der Waals surface area contributed by atoms with E-state index in [1.54, 1.807) is 36.5 Å². The second kappa shape index (κ2) is 7.89. The van der Waals surface area contributed by atoms with E-state index in [1.807, 2.05) is 12.1 Å². The molecule has 4 aromatic rings. The summed E-state index contributed by atoms with van der Waals surface area (Å²) < 4.78 is 15.7. The summed E-state index contributed by atoms with van der Waals surface area (Å²) in [6.45, 7) is 0.126. The third kappa shape index (κ3) is 4.20. The molecule has 0 bridgehead atoms. The van der Waals surface area contributed by atoms with Crippen molar-refractivity contribution in [3.63, 3.8) is 0 Å². The number of nitrogens with one attached hydrogen (secondary N) is 1. The molecule has 0 atom stereocenters. The monoisotopic (exact) mass is 410 g/mol. The number of amides is 1. The van der Waals surface area contributed by atoms with Crippen LogP contribution in [0.1, 0.15) is 5.56 Å². The van der Waals surface area contributed by atoms with Crippen molar-refractivity contribution in [1.29, 1.82) is 0 Å². The number of aromatic nitrogens is 3. The fourth-order valence-electron chi connectivity index (χ4n) is 2.93. The Labute approximate surface area is 170 Å². The zero-order valence-electron chi connectivity index (χ0n) is 15.2. The highest BCUT2D eigenvalue weighted by molar-refractivity contribution is 6.30. The van der Waals surface area contributed by atoms with Crippen LogP contribution in [0.15, 0.2) is 71.8 Å². The van der Waals surface area contributed by atoms with Gasteiger partial charge >= 0.3 is 0 Å². The van der Waals surface area contributed by atoms with Crippen molar-refractivity contribution in [2.24, 2.45) is 0 Å². The maximum atomic E-state index is 12.9. The van der Waals surface area contributed by atoms with Gasteiger partial charge in [-0.05, 0) is 35.9 Å². The van der Waals surface area contributed by atoms with Gasteiger partial charge in [-0.1, -0.05) is 35.9 Å². The molecule has 0 spiro atoms. The molecule has 0 aliphatic rings. The molecule has 1 N–H and O–H groups in total. The highest BCUT2D eigenvalue weighted by Gasteiger charge is 2.11. The first kappa shape index (κ1) is 18.9. The first-order valence-corrected chi connectivity index (χ1v) is 9.23. The molecule has 1 amide bonds. The smallest absolute Gasteiger partial charge is 0.277 e. The van der Waals surface area contributed by atoms with Gasteiger partial charge in [-0.15, -0.1) is 0 Å². The number of benzene rings is 2. The minimum Gasteiger partial charge on any atom is -0.350 e. The Balaban J connectivity index is 1.51. The normalized spacial score (nSPS) is 11.0. The molecule has 0 saturated heterocycles. The number of carbonyl (C=O) groups excluding carboxylic acids is 1. The van der Waals surface area contributed by atoms with Gasteiger partial charge in [0.1, 0.15) is 17.9 Å². The Morgan fingerprint density at radius 3 is 2.52 bits per heavy atom. The van der Waals surface area contributed by atoms with Gasteiger partial charge in [-0.25, -0.2) is 8.91 Å². The molecular formula is C21H16ClFN4O2. The summed E-state index contributed by atoms with van der Waals surface area (Å²) in [5.41, 5.74) is 2.28. The van der Waals surface area contributed by atoms with Gasteiger partial charge in [0.2, 0.25) is 5.91 Å². The van der Waals surface area contributed by atoms with Crippen LogP contribution in [-0.2, 0) is 17.9 Å². The van der Waals surface area contributed by atoms with E-state index in [4.69, 9.17) is 11.6 Å². The van der Waals surface area contributed by atoms with Crippen molar-refractivity contribution in [2.45, 2.75) is 13.1 Å². The summed E-state index contributed by atoms with van der Waals surface area (Å²) in [5, 5.41) is 7.75. The fourth-order valence-corrected chi connectivity index (χ4v) is 3.05. The highest BCUT2D eigenvalue weighted by Crippen LogP contribution is 2.20. The molecule has 146 valence electrons. The molecule has 0 fully saturated rings. The van der Waals surface area contributed by atoms with Gasteiger partial charge in [-0.3, -0.25) is 9.59 Å². The number of hydrogen-bond acceptors (Lipinski definition) is 3. The molecule has 29 heavy (non-hydrogen) atoms. The van der Waals surface area contributed by atoms with Gasteiger partial charge < -0.3 is 9.88 Å². The van der Waals surface area contributed by atoms with Crippen LogP contribution < -0.4 is 10.9 Å². The molecule has 2 aromatic heterocycles. The van der Waals surface area contributed by atoms with E-state index in [2.05, 4.69) is 10.4 Å². The summed E-state index contributed by atoms with van der Waals surface area (Å²) in [4.78, 5) is 25.0. The van der Waals surface area contributed by atoms with Crippen LogP contribution in [0.5, 0.6) is 0 Å². The van der Waals surface area contributed by atoms with Gasteiger partial charge in [0, 0.05) is 29.5 Å². The largest absolute Gasteiger partial charge is 0.350 e. The molecule has 0 aliphatic carbocycles. The van der Waals surface area contributed by atoms with Crippen LogP contribution in [0, 0.1) is 5.82 Å². The second-order valence-electron chi connectivity index (χ2n) is 6.50. The molecule has 0 aliphatic heterocycles. The number of halogens is 2. The van der Waals surface area contributed by atoms with E-state index >= 15 is 0 Å². The van der Waals surface area contributed by atoms with Crippen LogP contribution >= 0.6 is 11.6 Å². The summed E-state index contributed by atoms with van der Waals surface area (Å²) in [7, 11) is 0. The SMILES string of the molecule is O=C(Cn1ccn2nc(-c3ccc(Cl)cc3)cc2c1=O)NCc1ccc(F)cc1. The van der Waals surface area contributed by atoms with E-state index in [9.17, 15) is 14.0 Å². The first-order chi connectivity index (χ1) is 14.0. The van der Waals surface area contributed by atoms with Crippen molar-refractivity contribution in [3.05, 3.63) is 93.7 Å². The van der Waals surface area contributed by atoms with Gasteiger partial charge in [0.15, 0.2) is 0 Å². The topological polar surface area (TPSA) is 68.4 Å². The third-order valence-electron chi connectivity index (χ3n) is 4.46. The zero-order valence-corrected chi connectivity index (χ0v) is 15.9. The predicted octanol–water partition coefficient (Wildman–Crippen LogP) is 3.27. The minimum absolute atomic E-state index is 0.127. The predicted molar refractivity (Wildman–Crippen MR) is 108 cm³/mol. The Bertz CT molecular complexity index is 1230. The number of carbonyl (C=O) groups is 1. The molecule has 6 nitrogen and oxygen atoms in total. The molecule has 0 saturated carbocycles. The van der Waals surface area contributed by atoms with Gasteiger partial charge in [-0.2, -0.15) is 5.10 Å². The Hall–Kier alpha value is -3.45. The maximum Gasteiger partial charge on any atom is 0.277 e. The number of nitrogens with zero attached hydrogens (tertiary/aromatic N) is 3. The van der Waals surface area contributed by atoms with Crippen molar-refractivity contribution < 1.29 is 9.18 Å². The Morgan fingerprint density at radius 1 is 1.07 bits per heavy atom. The Morgan fingerprint density at radius 2 is 1.79 bits per heavy atom. The lowest BCUT2D eigenvalue weighted by atomic mass is 10.1. The van der Waals surface area contributed by atoms with Crippen LogP contribution in [0.4, 0.5) is 4.39 Å². The summed E-state index contributed by atoms with van der Waals surface area (Å²) in [6, 6.07) is 14.7. The highest BCUT2D eigenvalue weighted by atomic mass is 35.5.